The van der Waals surface area contributed by atoms with Crippen molar-refractivity contribution >= 4 is 11.8 Å². The van der Waals surface area contributed by atoms with Crippen molar-refractivity contribution in [3.8, 4) is 0 Å². The molecular weight excluding hydrogens is 292 g/mol. The first kappa shape index (κ1) is 17.6. The van der Waals surface area contributed by atoms with Gasteiger partial charge in [-0.05, 0) is 32.8 Å². The molecule has 1 aromatic carbocycles. The number of ether oxygens (including phenoxy) is 2. The summed E-state index contributed by atoms with van der Waals surface area (Å²) in [4.78, 5) is 14.4. The third-order valence-corrected chi connectivity index (χ3v) is 3.97. The molecule has 0 radical (unpaired) electrons. The number of amides is 1. The summed E-state index contributed by atoms with van der Waals surface area (Å²) in [6.07, 6.45) is -0.516. The summed E-state index contributed by atoms with van der Waals surface area (Å²) in [7, 11) is 0. The average molecular weight is 320 g/mol. The summed E-state index contributed by atoms with van der Waals surface area (Å²) in [5, 5.41) is 0. The second kappa shape index (κ2) is 6.79. The lowest BCUT2D eigenvalue weighted by molar-refractivity contribution is -0.0812. The zero-order chi connectivity index (χ0) is 17.2. The first-order chi connectivity index (χ1) is 10.7. The molecule has 0 saturated carbocycles. The van der Waals surface area contributed by atoms with Crippen LogP contribution in [-0.2, 0) is 9.47 Å². The standard InChI is InChI=1S/C18H28N2O3/c1-12(2)15-11-22-16(13-8-6-7-9-14(13)19)10-20(15)17(21)23-18(3,4)5/h6-9,12,15-16H,10-11,19H2,1-5H3/t15-,16+/m1/s1. The zero-order valence-corrected chi connectivity index (χ0v) is 14.7. The first-order valence-corrected chi connectivity index (χ1v) is 8.14. The molecule has 0 bridgehead atoms. The molecule has 2 rings (SSSR count). The van der Waals surface area contributed by atoms with Crippen LogP contribution in [0.4, 0.5) is 10.5 Å². The summed E-state index contributed by atoms with van der Waals surface area (Å²) in [5.74, 6) is 0.289. The monoisotopic (exact) mass is 320 g/mol. The van der Waals surface area contributed by atoms with Gasteiger partial charge in [-0.25, -0.2) is 4.79 Å². The second-order valence-corrected chi connectivity index (χ2v) is 7.39. The molecule has 5 nitrogen and oxygen atoms in total. The van der Waals surface area contributed by atoms with Gasteiger partial charge < -0.3 is 15.2 Å². The molecule has 1 aromatic rings. The smallest absolute Gasteiger partial charge is 0.410 e. The van der Waals surface area contributed by atoms with Gasteiger partial charge in [0.25, 0.3) is 0 Å². The molecular formula is C18H28N2O3. The van der Waals surface area contributed by atoms with Gasteiger partial charge in [0.1, 0.15) is 11.7 Å². The maximum Gasteiger partial charge on any atom is 0.410 e. The van der Waals surface area contributed by atoms with E-state index in [0.29, 0.717) is 18.8 Å². The number of nitrogens with zero attached hydrogens (tertiary/aromatic N) is 1. The Bertz CT molecular complexity index is 551. The second-order valence-electron chi connectivity index (χ2n) is 7.39. The highest BCUT2D eigenvalue weighted by Gasteiger charge is 2.37. The van der Waals surface area contributed by atoms with Crippen LogP contribution < -0.4 is 5.73 Å². The van der Waals surface area contributed by atoms with Crippen molar-refractivity contribution in [2.75, 3.05) is 18.9 Å². The number of hydrogen-bond acceptors (Lipinski definition) is 4. The van der Waals surface area contributed by atoms with Crippen LogP contribution in [0.3, 0.4) is 0 Å². The number of carbonyl (C=O) groups excluding carboxylic acids is 1. The Morgan fingerprint density at radius 2 is 2.00 bits per heavy atom. The number of benzene rings is 1. The Labute approximate surface area is 138 Å². The van der Waals surface area contributed by atoms with Crippen molar-refractivity contribution in [1.82, 2.24) is 4.90 Å². The Balaban J connectivity index is 2.21. The summed E-state index contributed by atoms with van der Waals surface area (Å²) >= 11 is 0. The largest absolute Gasteiger partial charge is 0.444 e. The summed E-state index contributed by atoms with van der Waals surface area (Å²) in [5.41, 5.74) is 7.14. The Morgan fingerprint density at radius 1 is 1.35 bits per heavy atom. The predicted molar refractivity (Wildman–Crippen MR) is 91.1 cm³/mol. The third-order valence-electron chi connectivity index (χ3n) is 3.97. The lowest BCUT2D eigenvalue weighted by atomic mass is 9.98. The summed E-state index contributed by atoms with van der Waals surface area (Å²) in [6.45, 7) is 10.7. The number of nitrogens with two attached hydrogens (primary N) is 1. The molecule has 2 atom stereocenters. The molecule has 1 aliphatic rings. The maximum atomic E-state index is 12.6. The van der Waals surface area contributed by atoms with Crippen molar-refractivity contribution in [2.45, 2.75) is 52.4 Å². The van der Waals surface area contributed by atoms with Crippen molar-refractivity contribution in [1.29, 1.82) is 0 Å². The van der Waals surface area contributed by atoms with Crippen LogP contribution in [0.5, 0.6) is 0 Å². The molecule has 0 aromatic heterocycles. The van der Waals surface area contributed by atoms with Crippen molar-refractivity contribution in [3.63, 3.8) is 0 Å². The van der Waals surface area contributed by atoms with E-state index >= 15 is 0 Å². The molecule has 0 spiro atoms. The molecule has 1 aliphatic heterocycles. The summed E-state index contributed by atoms with van der Waals surface area (Å²) < 4.78 is 11.6. The predicted octanol–water partition coefficient (Wildman–Crippen LogP) is 3.60. The van der Waals surface area contributed by atoms with Gasteiger partial charge in [-0.3, -0.25) is 4.90 Å². The van der Waals surface area contributed by atoms with Crippen molar-refractivity contribution < 1.29 is 14.3 Å². The van der Waals surface area contributed by atoms with Gasteiger partial charge in [0.2, 0.25) is 0 Å². The van der Waals surface area contributed by atoms with Crippen molar-refractivity contribution in [2.24, 2.45) is 5.92 Å². The normalized spacial score (nSPS) is 22.3. The minimum Gasteiger partial charge on any atom is -0.444 e. The van der Waals surface area contributed by atoms with E-state index in [1.165, 1.54) is 0 Å². The molecule has 1 saturated heterocycles. The number of para-hydroxylation sites is 1. The van der Waals surface area contributed by atoms with Crippen LogP contribution in [0.2, 0.25) is 0 Å². The van der Waals surface area contributed by atoms with Crippen LogP contribution in [0.25, 0.3) is 0 Å². The van der Waals surface area contributed by atoms with Gasteiger partial charge in [-0.1, -0.05) is 32.0 Å². The number of nitrogen functional groups attached to an aromatic ring is 1. The van der Waals surface area contributed by atoms with Crippen LogP contribution in [0.1, 0.15) is 46.3 Å². The van der Waals surface area contributed by atoms with Crippen LogP contribution >= 0.6 is 0 Å². The molecule has 5 heteroatoms. The van der Waals surface area contributed by atoms with Gasteiger partial charge in [0.15, 0.2) is 0 Å². The molecule has 0 unspecified atom stereocenters. The fourth-order valence-electron chi connectivity index (χ4n) is 2.75. The fourth-order valence-corrected chi connectivity index (χ4v) is 2.75. The molecule has 1 heterocycles. The van der Waals surface area contributed by atoms with E-state index < -0.39 is 5.60 Å². The number of carbonyl (C=O) groups is 1. The lowest BCUT2D eigenvalue weighted by Gasteiger charge is -2.42. The number of hydrogen-bond donors (Lipinski definition) is 1. The van der Waals surface area contributed by atoms with Crippen molar-refractivity contribution in [3.05, 3.63) is 29.8 Å². The van der Waals surface area contributed by atoms with E-state index in [9.17, 15) is 4.79 Å². The SMILES string of the molecule is CC(C)[C@H]1CO[C@H](c2ccccc2N)CN1C(=O)OC(C)(C)C. The molecule has 128 valence electrons. The molecule has 2 N–H and O–H groups in total. The molecule has 23 heavy (non-hydrogen) atoms. The minimum atomic E-state index is -0.516. The number of rotatable bonds is 2. The number of anilines is 1. The Hall–Kier alpha value is -1.75. The minimum absolute atomic E-state index is 0.00559. The van der Waals surface area contributed by atoms with E-state index in [-0.39, 0.29) is 24.2 Å². The van der Waals surface area contributed by atoms with Crippen LogP contribution in [-0.4, -0.2) is 35.8 Å². The maximum absolute atomic E-state index is 12.6. The highest BCUT2D eigenvalue weighted by molar-refractivity contribution is 5.69. The van der Waals surface area contributed by atoms with Crippen LogP contribution in [0, 0.1) is 5.92 Å². The van der Waals surface area contributed by atoms with E-state index in [1.807, 2.05) is 45.0 Å². The van der Waals surface area contributed by atoms with E-state index in [2.05, 4.69) is 13.8 Å². The average Bonchev–Trinajstić information content (AvgIpc) is 2.45. The third kappa shape index (κ3) is 4.38. The van der Waals surface area contributed by atoms with E-state index in [0.717, 1.165) is 5.56 Å². The topological polar surface area (TPSA) is 64.8 Å². The van der Waals surface area contributed by atoms with E-state index in [4.69, 9.17) is 15.2 Å². The number of morpholine rings is 1. The van der Waals surface area contributed by atoms with Gasteiger partial charge in [-0.2, -0.15) is 0 Å². The quantitative estimate of drug-likeness (QED) is 0.846. The molecule has 0 aliphatic carbocycles. The van der Waals surface area contributed by atoms with Gasteiger partial charge in [0, 0.05) is 11.3 Å². The highest BCUT2D eigenvalue weighted by Crippen LogP contribution is 2.31. The Kier molecular flexibility index (Phi) is 5.19. The highest BCUT2D eigenvalue weighted by atomic mass is 16.6. The van der Waals surface area contributed by atoms with Gasteiger partial charge >= 0.3 is 6.09 Å². The fraction of sp³-hybridized carbons (Fsp3) is 0.611. The van der Waals surface area contributed by atoms with Crippen LogP contribution in [0.15, 0.2) is 24.3 Å². The van der Waals surface area contributed by atoms with E-state index in [1.54, 1.807) is 4.90 Å². The Morgan fingerprint density at radius 3 is 2.57 bits per heavy atom. The molecule has 1 fully saturated rings. The summed E-state index contributed by atoms with van der Waals surface area (Å²) in [6, 6.07) is 7.63. The van der Waals surface area contributed by atoms with Gasteiger partial charge in [0.05, 0.1) is 19.2 Å². The first-order valence-electron chi connectivity index (χ1n) is 8.14. The van der Waals surface area contributed by atoms with Gasteiger partial charge in [-0.15, -0.1) is 0 Å². The lowest BCUT2D eigenvalue weighted by Crippen LogP contribution is -2.53. The molecule has 1 amide bonds. The zero-order valence-electron chi connectivity index (χ0n) is 14.7.